The van der Waals surface area contributed by atoms with Crippen LogP contribution in [0.25, 0.3) is 16.5 Å². The van der Waals surface area contributed by atoms with E-state index in [1.807, 2.05) is 0 Å². The van der Waals surface area contributed by atoms with Crippen molar-refractivity contribution >= 4 is 39.0 Å². The summed E-state index contributed by atoms with van der Waals surface area (Å²) in [6, 6.07) is 11.0. The molecule has 0 bridgehead atoms. The quantitative estimate of drug-likeness (QED) is 0.295. The van der Waals surface area contributed by atoms with Crippen molar-refractivity contribution in [3.8, 4) is 22.9 Å². The SMILES string of the molecule is CCOC(=O)c1nn(-c2ccc(OC(F)(F)F)cc2)c(=O)c2c(NC(=O)COc3cccc(OC)c3)scc12. The van der Waals surface area contributed by atoms with Gasteiger partial charge in [0.05, 0.1) is 24.8 Å². The maximum absolute atomic E-state index is 13.4. The Kier molecular flexibility index (Phi) is 8.04. The van der Waals surface area contributed by atoms with Crippen LogP contribution in [0.4, 0.5) is 18.2 Å². The van der Waals surface area contributed by atoms with Gasteiger partial charge in [-0.15, -0.1) is 24.5 Å². The number of carbonyl (C=O) groups is 2. The van der Waals surface area contributed by atoms with Crippen molar-refractivity contribution in [3.63, 3.8) is 0 Å². The summed E-state index contributed by atoms with van der Waals surface area (Å²) in [5.74, 6) is -1.00. The van der Waals surface area contributed by atoms with Crippen LogP contribution in [0.5, 0.6) is 17.2 Å². The Labute approximate surface area is 222 Å². The minimum absolute atomic E-state index is 0.0277. The standard InChI is InChI=1S/C25H20F3N3O7S/c1-3-36-24(34)21-18-13-39-22(29-19(32)12-37-17-6-4-5-16(11-17)35-2)20(18)23(33)31(30-21)14-7-9-15(10-8-14)38-25(26,27)28/h4-11,13H,3,12H2,1-2H3,(H,29,32). The molecule has 0 saturated carbocycles. The summed E-state index contributed by atoms with van der Waals surface area (Å²) >= 11 is 0.982. The minimum atomic E-state index is -4.90. The number of amides is 1. The monoisotopic (exact) mass is 563 g/mol. The second-order valence-electron chi connectivity index (χ2n) is 7.70. The third kappa shape index (κ3) is 6.46. The molecule has 0 spiro atoms. The summed E-state index contributed by atoms with van der Waals surface area (Å²) in [6.07, 6.45) is -4.90. The Hall–Kier alpha value is -4.59. The number of hydrogen-bond donors (Lipinski definition) is 1. The molecule has 39 heavy (non-hydrogen) atoms. The van der Waals surface area contributed by atoms with E-state index in [-0.39, 0.29) is 33.8 Å². The van der Waals surface area contributed by atoms with E-state index in [1.165, 1.54) is 24.6 Å². The average Bonchev–Trinajstić information content (AvgIpc) is 3.31. The molecule has 10 nitrogen and oxygen atoms in total. The summed E-state index contributed by atoms with van der Waals surface area (Å²) in [5, 5.41) is 8.39. The van der Waals surface area contributed by atoms with Gasteiger partial charge in [0.2, 0.25) is 0 Å². The van der Waals surface area contributed by atoms with E-state index < -0.39 is 36.2 Å². The van der Waals surface area contributed by atoms with E-state index in [0.29, 0.717) is 11.5 Å². The minimum Gasteiger partial charge on any atom is -0.497 e. The lowest BCUT2D eigenvalue weighted by Gasteiger charge is -2.12. The number of fused-ring (bicyclic) bond motifs is 1. The van der Waals surface area contributed by atoms with Gasteiger partial charge in [-0.2, -0.15) is 9.78 Å². The molecule has 0 saturated heterocycles. The molecule has 2 aromatic carbocycles. The molecule has 0 aliphatic rings. The molecule has 0 radical (unpaired) electrons. The van der Waals surface area contributed by atoms with E-state index in [4.69, 9.17) is 14.2 Å². The number of hydrogen-bond acceptors (Lipinski definition) is 9. The van der Waals surface area contributed by atoms with Gasteiger partial charge in [0.15, 0.2) is 12.3 Å². The highest BCUT2D eigenvalue weighted by molar-refractivity contribution is 7.16. The van der Waals surface area contributed by atoms with Crippen LogP contribution >= 0.6 is 11.3 Å². The van der Waals surface area contributed by atoms with E-state index in [9.17, 15) is 27.6 Å². The zero-order valence-corrected chi connectivity index (χ0v) is 21.2. The van der Waals surface area contributed by atoms with Crippen molar-refractivity contribution in [1.29, 1.82) is 0 Å². The predicted molar refractivity (Wildman–Crippen MR) is 135 cm³/mol. The first-order valence-corrected chi connectivity index (χ1v) is 12.1. The number of alkyl halides is 3. The van der Waals surface area contributed by atoms with Gasteiger partial charge in [-0.1, -0.05) is 6.07 Å². The van der Waals surface area contributed by atoms with E-state index in [0.717, 1.165) is 28.2 Å². The van der Waals surface area contributed by atoms with Crippen molar-refractivity contribution in [3.05, 3.63) is 70.0 Å². The molecule has 1 N–H and O–H groups in total. The van der Waals surface area contributed by atoms with Crippen LogP contribution in [0.1, 0.15) is 17.4 Å². The lowest BCUT2D eigenvalue weighted by Crippen LogP contribution is -2.26. The number of halogens is 3. The number of ether oxygens (including phenoxy) is 4. The van der Waals surface area contributed by atoms with Crippen LogP contribution in [0.15, 0.2) is 58.7 Å². The number of nitrogens with zero attached hydrogens (tertiary/aromatic N) is 2. The average molecular weight is 564 g/mol. The summed E-state index contributed by atoms with van der Waals surface area (Å²) < 4.78 is 57.9. The predicted octanol–water partition coefficient (Wildman–Crippen LogP) is 4.55. The summed E-state index contributed by atoms with van der Waals surface area (Å²) in [4.78, 5) is 38.7. The fourth-order valence-electron chi connectivity index (χ4n) is 3.46. The number of aromatic nitrogens is 2. The normalized spacial score (nSPS) is 11.2. The Morgan fingerprint density at radius 1 is 1.08 bits per heavy atom. The molecule has 204 valence electrons. The lowest BCUT2D eigenvalue weighted by atomic mass is 10.2. The van der Waals surface area contributed by atoms with Gasteiger partial charge < -0.3 is 24.3 Å². The van der Waals surface area contributed by atoms with E-state index in [2.05, 4.69) is 15.2 Å². The zero-order valence-electron chi connectivity index (χ0n) is 20.4. The second-order valence-corrected chi connectivity index (χ2v) is 8.58. The maximum atomic E-state index is 13.4. The molecule has 0 unspecified atom stereocenters. The first kappa shape index (κ1) is 27.4. The van der Waals surface area contributed by atoms with Gasteiger partial charge in [-0.3, -0.25) is 9.59 Å². The van der Waals surface area contributed by atoms with Crippen molar-refractivity contribution in [2.45, 2.75) is 13.3 Å². The summed E-state index contributed by atoms with van der Waals surface area (Å²) in [5.41, 5.74) is -0.897. The maximum Gasteiger partial charge on any atom is 0.573 e. The zero-order chi connectivity index (χ0) is 28.2. The first-order valence-electron chi connectivity index (χ1n) is 11.2. The summed E-state index contributed by atoms with van der Waals surface area (Å²) in [7, 11) is 1.49. The molecule has 0 aliphatic carbocycles. The number of nitrogens with one attached hydrogen (secondary N) is 1. The van der Waals surface area contributed by atoms with Crippen molar-refractivity contribution in [2.24, 2.45) is 0 Å². The number of thiophene rings is 1. The summed E-state index contributed by atoms with van der Waals surface area (Å²) in [6.45, 7) is 1.23. The molecule has 0 fully saturated rings. The van der Waals surface area contributed by atoms with Gasteiger partial charge in [-0.25, -0.2) is 4.79 Å². The topological polar surface area (TPSA) is 118 Å². The van der Waals surface area contributed by atoms with Gasteiger partial charge >= 0.3 is 12.3 Å². The molecule has 0 atom stereocenters. The van der Waals surface area contributed by atoms with Crippen molar-refractivity contribution < 1.29 is 41.7 Å². The Morgan fingerprint density at radius 3 is 2.46 bits per heavy atom. The van der Waals surface area contributed by atoms with E-state index >= 15 is 0 Å². The molecule has 2 heterocycles. The van der Waals surface area contributed by atoms with Crippen LogP contribution in [0.3, 0.4) is 0 Å². The fourth-order valence-corrected chi connectivity index (χ4v) is 4.41. The van der Waals surface area contributed by atoms with Crippen LogP contribution in [-0.4, -0.2) is 48.3 Å². The van der Waals surface area contributed by atoms with Crippen LogP contribution in [0.2, 0.25) is 0 Å². The second kappa shape index (κ2) is 11.4. The third-order valence-corrected chi connectivity index (χ3v) is 6.00. The Balaban J connectivity index is 1.68. The van der Waals surface area contributed by atoms with Gasteiger partial charge in [0, 0.05) is 16.8 Å². The molecule has 0 aliphatic heterocycles. The largest absolute Gasteiger partial charge is 0.573 e. The van der Waals surface area contributed by atoms with Crippen LogP contribution in [-0.2, 0) is 9.53 Å². The lowest BCUT2D eigenvalue weighted by molar-refractivity contribution is -0.274. The van der Waals surface area contributed by atoms with Gasteiger partial charge in [0.25, 0.3) is 11.5 Å². The number of benzene rings is 2. The highest BCUT2D eigenvalue weighted by Gasteiger charge is 2.31. The molecule has 2 aromatic heterocycles. The molecule has 4 aromatic rings. The number of methoxy groups -OCH3 is 1. The number of rotatable bonds is 9. The van der Waals surface area contributed by atoms with Crippen molar-refractivity contribution in [1.82, 2.24) is 9.78 Å². The Bertz CT molecular complexity index is 1570. The number of esters is 1. The highest BCUT2D eigenvalue weighted by Crippen LogP contribution is 2.31. The van der Waals surface area contributed by atoms with Crippen molar-refractivity contribution in [2.75, 3.05) is 25.6 Å². The van der Waals surface area contributed by atoms with Gasteiger partial charge in [0.1, 0.15) is 22.2 Å². The van der Waals surface area contributed by atoms with E-state index in [1.54, 1.807) is 31.2 Å². The molecular weight excluding hydrogens is 543 g/mol. The molecule has 14 heteroatoms. The fraction of sp³-hybridized carbons (Fsp3) is 0.200. The smallest absolute Gasteiger partial charge is 0.497 e. The number of anilines is 1. The third-order valence-electron chi connectivity index (χ3n) is 5.10. The van der Waals surface area contributed by atoms with Gasteiger partial charge in [-0.05, 0) is 43.3 Å². The number of carbonyl (C=O) groups excluding carboxylic acids is 2. The molecule has 4 rings (SSSR count). The highest BCUT2D eigenvalue weighted by atomic mass is 32.1. The molecule has 1 amide bonds. The van der Waals surface area contributed by atoms with Crippen LogP contribution < -0.4 is 25.1 Å². The Morgan fingerprint density at radius 2 is 1.79 bits per heavy atom. The first-order chi connectivity index (χ1) is 18.6. The van der Waals surface area contributed by atoms with Crippen LogP contribution in [0, 0.1) is 0 Å². The molecular formula is C25H20F3N3O7S.